The molecule has 0 spiro atoms. The molecule has 13 heavy (non-hydrogen) atoms. The lowest BCUT2D eigenvalue weighted by Gasteiger charge is -2.07. The number of carbonyl (C=O) groups excluding carboxylic acids is 1. The van der Waals surface area contributed by atoms with E-state index in [4.69, 9.17) is 5.11 Å². The fourth-order valence-corrected chi connectivity index (χ4v) is 2.45. The molecule has 1 unspecified atom stereocenters. The van der Waals surface area contributed by atoms with Crippen molar-refractivity contribution in [3.63, 3.8) is 0 Å². The first-order valence-corrected chi connectivity index (χ1v) is 5.70. The van der Waals surface area contributed by atoms with Crippen LogP contribution in [0.5, 0.6) is 0 Å². The third-order valence-electron chi connectivity index (χ3n) is 1.90. The van der Waals surface area contributed by atoms with Gasteiger partial charge in [0.1, 0.15) is 0 Å². The molecule has 0 aromatic carbocycles. The van der Waals surface area contributed by atoms with Crippen molar-refractivity contribution < 1.29 is 9.90 Å². The number of Topliss-reactive ketones (excluding diaryl/α,β-unsaturated/α-hetero) is 1. The normalized spacial score (nSPS) is 12.8. The Balaban J connectivity index is 2.78. The number of aliphatic hydroxyl groups excluding tert-OH is 1. The molecule has 0 fully saturated rings. The van der Waals surface area contributed by atoms with Crippen molar-refractivity contribution in [3.05, 3.63) is 20.8 Å². The van der Waals surface area contributed by atoms with E-state index in [2.05, 4.69) is 15.9 Å². The Hall–Kier alpha value is -0.190. The molecule has 0 aliphatic heterocycles. The van der Waals surface area contributed by atoms with Gasteiger partial charge in [-0.25, -0.2) is 0 Å². The van der Waals surface area contributed by atoms with E-state index in [0.717, 1.165) is 3.79 Å². The lowest BCUT2D eigenvalue weighted by atomic mass is 10.0. The van der Waals surface area contributed by atoms with Crippen LogP contribution in [-0.2, 0) is 0 Å². The fraction of sp³-hybridized carbons (Fsp3) is 0.444. The Morgan fingerprint density at radius 2 is 2.38 bits per heavy atom. The summed E-state index contributed by atoms with van der Waals surface area (Å²) in [5.41, 5.74) is 0. The Kier molecular flexibility index (Phi) is 4.09. The van der Waals surface area contributed by atoms with Gasteiger partial charge in [0.05, 0.1) is 15.3 Å². The summed E-state index contributed by atoms with van der Waals surface area (Å²) in [7, 11) is 0. The maximum Gasteiger partial charge on any atom is 0.178 e. The second-order valence-corrected chi connectivity index (χ2v) is 5.22. The lowest BCUT2D eigenvalue weighted by Crippen LogP contribution is -2.16. The molecule has 1 rings (SSSR count). The second kappa shape index (κ2) is 4.88. The highest BCUT2D eigenvalue weighted by atomic mass is 79.9. The van der Waals surface area contributed by atoms with Gasteiger partial charge in [-0.15, -0.1) is 11.3 Å². The van der Waals surface area contributed by atoms with Crippen LogP contribution in [0.3, 0.4) is 0 Å². The summed E-state index contributed by atoms with van der Waals surface area (Å²) in [6.45, 7) is 1.84. The molecule has 1 aromatic rings. The van der Waals surface area contributed by atoms with E-state index in [0.29, 0.717) is 11.3 Å². The molecule has 0 aliphatic rings. The van der Waals surface area contributed by atoms with Crippen LogP contribution < -0.4 is 0 Å². The fourth-order valence-electron chi connectivity index (χ4n) is 1.05. The zero-order valence-corrected chi connectivity index (χ0v) is 9.69. The van der Waals surface area contributed by atoms with Crippen LogP contribution in [0.2, 0.25) is 0 Å². The summed E-state index contributed by atoms with van der Waals surface area (Å²) in [6.07, 6.45) is 0.685. The highest BCUT2D eigenvalue weighted by molar-refractivity contribution is 9.11. The zero-order valence-electron chi connectivity index (χ0n) is 7.29. The molecular formula is C9H11BrO2S. The molecule has 72 valence electrons. The van der Waals surface area contributed by atoms with Gasteiger partial charge in [0.2, 0.25) is 0 Å². The van der Waals surface area contributed by atoms with Crippen LogP contribution in [0.4, 0.5) is 0 Å². The summed E-state index contributed by atoms with van der Waals surface area (Å²) in [6, 6.07) is 3.64. The number of carbonyl (C=O) groups is 1. The molecular weight excluding hydrogens is 252 g/mol. The smallest absolute Gasteiger partial charge is 0.178 e. The summed E-state index contributed by atoms with van der Waals surface area (Å²) < 4.78 is 0.948. The quantitative estimate of drug-likeness (QED) is 0.848. The second-order valence-electron chi connectivity index (χ2n) is 2.76. The highest BCUT2D eigenvalue weighted by Crippen LogP contribution is 2.25. The van der Waals surface area contributed by atoms with Crippen molar-refractivity contribution in [2.75, 3.05) is 6.61 Å². The average molecular weight is 263 g/mol. The molecule has 1 heterocycles. The summed E-state index contributed by atoms with van der Waals surface area (Å²) in [5, 5.41) is 8.94. The SMILES string of the molecule is CCC(CO)C(=O)c1ccc(Br)s1. The molecule has 0 saturated heterocycles. The average Bonchev–Trinajstić information content (AvgIpc) is 2.54. The van der Waals surface area contributed by atoms with Gasteiger partial charge < -0.3 is 5.11 Å². The first-order valence-electron chi connectivity index (χ1n) is 4.09. The van der Waals surface area contributed by atoms with Crippen molar-refractivity contribution in [3.8, 4) is 0 Å². The van der Waals surface area contributed by atoms with E-state index >= 15 is 0 Å². The lowest BCUT2D eigenvalue weighted by molar-refractivity contribution is 0.0861. The minimum Gasteiger partial charge on any atom is -0.396 e. The van der Waals surface area contributed by atoms with E-state index in [1.807, 2.05) is 13.0 Å². The molecule has 0 radical (unpaired) electrons. The molecule has 2 nitrogen and oxygen atoms in total. The predicted octanol–water partition coefficient (Wildman–Crippen LogP) is 2.71. The molecule has 1 atom stereocenters. The first kappa shape index (κ1) is 10.9. The van der Waals surface area contributed by atoms with Crippen LogP contribution >= 0.6 is 27.3 Å². The Bertz CT molecular complexity index is 292. The number of thiophene rings is 1. The third kappa shape index (κ3) is 2.62. The molecule has 0 aliphatic carbocycles. The van der Waals surface area contributed by atoms with E-state index in [9.17, 15) is 4.79 Å². The summed E-state index contributed by atoms with van der Waals surface area (Å²) >= 11 is 4.71. The minimum absolute atomic E-state index is 0.0423. The number of ketones is 1. The van der Waals surface area contributed by atoms with Gasteiger partial charge >= 0.3 is 0 Å². The molecule has 0 bridgehead atoms. The van der Waals surface area contributed by atoms with E-state index < -0.39 is 0 Å². The maximum atomic E-state index is 11.6. The van der Waals surface area contributed by atoms with Crippen molar-refractivity contribution >= 4 is 33.0 Å². The number of halogens is 1. The van der Waals surface area contributed by atoms with E-state index in [-0.39, 0.29) is 18.3 Å². The molecule has 0 amide bonds. The van der Waals surface area contributed by atoms with Crippen LogP contribution in [-0.4, -0.2) is 17.5 Å². The Morgan fingerprint density at radius 3 is 2.77 bits per heavy atom. The van der Waals surface area contributed by atoms with Gasteiger partial charge in [0, 0.05) is 5.92 Å². The van der Waals surface area contributed by atoms with Crippen LogP contribution in [0.1, 0.15) is 23.0 Å². The van der Waals surface area contributed by atoms with Gasteiger partial charge in [-0.2, -0.15) is 0 Å². The molecule has 4 heteroatoms. The van der Waals surface area contributed by atoms with Crippen molar-refractivity contribution in [2.24, 2.45) is 5.92 Å². The monoisotopic (exact) mass is 262 g/mol. The number of hydrogen-bond donors (Lipinski definition) is 1. The topological polar surface area (TPSA) is 37.3 Å². The number of aliphatic hydroxyl groups is 1. The van der Waals surface area contributed by atoms with Crippen LogP contribution in [0, 0.1) is 5.92 Å². The highest BCUT2D eigenvalue weighted by Gasteiger charge is 2.18. The van der Waals surface area contributed by atoms with Gasteiger partial charge in [-0.05, 0) is 34.5 Å². The van der Waals surface area contributed by atoms with Gasteiger partial charge in [-0.3, -0.25) is 4.79 Å². The van der Waals surface area contributed by atoms with Gasteiger partial charge in [0.15, 0.2) is 5.78 Å². The molecule has 1 N–H and O–H groups in total. The van der Waals surface area contributed by atoms with Crippen molar-refractivity contribution in [1.29, 1.82) is 0 Å². The van der Waals surface area contributed by atoms with Gasteiger partial charge in [-0.1, -0.05) is 6.92 Å². The minimum atomic E-state index is -0.245. The van der Waals surface area contributed by atoms with Crippen LogP contribution in [0.25, 0.3) is 0 Å². The Labute approximate surface area is 89.7 Å². The summed E-state index contributed by atoms with van der Waals surface area (Å²) in [5.74, 6) is -0.203. The zero-order chi connectivity index (χ0) is 9.84. The third-order valence-corrected chi connectivity index (χ3v) is 3.54. The predicted molar refractivity (Wildman–Crippen MR) is 57.2 cm³/mol. The number of hydrogen-bond acceptors (Lipinski definition) is 3. The van der Waals surface area contributed by atoms with Crippen molar-refractivity contribution in [1.82, 2.24) is 0 Å². The standard InChI is InChI=1S/C9H11BrO2S/c1-2-6(5-11)9(12)7-3-4-8(10)13-7/h3-4,6,11H,2,5H2,1H3. The van der Waals surface area contributed by atoms with Crippen molar-refractivity contribution in [2.45, 2.75) is 13.3 Å². The molecule has 1 aromatic heterocycles. The van der Waals surface area contributed by atoms with Crippen LogP contribution in [0.15, 0.2) is 15.9 Å². The largest absolute Gasteiger partial charge is 0.396 e. The Morgan fingerprint density at radius 1 is 1.69 bits per heavy atom. The van der Waals surface area contributed by atoms with E-state index in [1.165, 1.54) is 11.3 Å². The first-order chi connectivity index (χ1) is 6.19. The maximum absolute atomic E-state index is 11.6. The summed E-state index contributed by atoms with van der Waals surface area (Å²) in [4.78, 5) is 12.4. The number of rotatable bonds is 4. The van der Waals surface area contributed by atoms with Gasteiger partial charge in [0.25, 0.3) is 0 Å². The van der Waals surface area contributed by atoms with E-state index in [1.54, 1.807) is 6.07 Å². The molecule has 0 saturated carbocycles.